The third-order valence-corrected chi connectivity index (χ3v) is 3.00. The lowest BCUT2D eigenvalue weighted by Crippen LogP contribution is -2.16. The predicted octanol–water partition coefficient (Wildman–Crippen LogP) is 2.86. The molecule has 0 spiro atoms. The minimum absolute atomic E-state index is 0.0141. The highest BCUT2D eigenvalue weighted by atomic mass is 19.1. The first-order chi connectivity index (χ1) is 11.1. The molecule has 1 amide bonds. The Labute approximate surface area is 133 Å². The van der Waals surface area contributed by atoms with Crippen LogP contribution < -0.4 is 10.1 Å². The Kier molecular flexibility index (Phi) is 5.67. The van der Waals surface area contributed by atoms with E-state index >= 15 is 0 Å². The molecule has 0 fully saturated rings. The summed E-state index contributed by atoms with van der Waals surface area (Å²) in [5.41, 5.74) is 1.47. The quantitative estimate of drug-likeness (QED) is 0.890. The smallest absolute Gasteiger partial charge is 0.250 e. The molecule has 0 aromatic heterocycles. The van der Waals surface area contributed by atoms with Crippen LogP contribution in [-0.2, 0) is 16.1 Å². The summed E-state index contributed by atoms with van der Waals surface area (Å²) in [6.07, 6.45) is 0. The highest BCUT2D eigenvalue weighted by Gasteiger charge is 2.05. The molecular weight excluding hydrogens is 299 g/mol. The van der Waals surface area contributed by atoms with Gasteiger partial charge in [0.2, 0.25) is 5.91 Å². The van der Waals surface area contributed by atoms with Crippen LogP contribution in [0.25, 0.3) is 0 Å². The number of carbonyl (C=O) groups excluding carboxylic acids is 1. The number of methoxy groups -OCH3 is 1. The van der Waals surface area contributed by atoms with Gasteiger partial charge in [-0.2, -0.15) is 5.26 Å². The number of amides is 1. The van der Waals surface area contributed by atoms with Gasteiger partial charge in [0.25, 0.3) is 0 Å². The van der Waals surface area contributed by atoms with E-state index < -0.39 is 5.82 Å². The molecule has 0 aliphatic rings. The van der Waals surface area contributed by atoms with Crippen LogP contribution >= 0.6 is 0 Å². The van der Waals surface area contributed by atoms with Crippen LogP contribution in [0.4, 0.5) is 10.1 Å². The fourth-order valence-electron chi connectivity index (χ4n) is 1.90. The molecule has 2 rings (SSSR count). The van der Waals surface area contributed by atoms with Crippen molar-refractivity contribution in [2.24, 2.45) is 0 Å². The van der Waals surface area contributed by atoms with Crippen LogP contribution in [0.15, 0.2) is 42.5 Å². The molecule has 0 aliphatic heterocycles. The third-order valence-electron chi connectivity index (χ3n) is 3.00. The first-order valence-electron chi connectivity index (χ1n) is 6.82. The van der Waals surface area contributed by atoms with Crippen molar-refractivity contribution in [3.63, 3.8) is 0 Å². The topological polar surface area (TPSA) is 71.3 Å². The summed E-state index contributed by atoms with van der Waals surface area (Å²) in [4.78, 5) is 11.4. The van der Waals surface area contributed by atoms with Crippen LogP contribution in [-0.4, -0.2) is 19.6 Å². The fraction of sp³-hybridized carbons (Fsp3) is 0.176. The summed E-state index contributed by atoms with van der Waals surface area (Å²) in [7, 11) is 1.45. The van der Waals surface area contributed by atoms with Crippen molar-refractivity contribution in [3.05, 3.63) is 59.4 Å². The monoisotopic (exact) mass is 314 g/mol. The van der Waals surface area contributed by atoms with Gasteiger partial charge in [-0.25, -0.2) is 4.39 Å². The van der Waals surface area contributed by atoms with Crippen molar-refractivity contribution in [1.29, 1.82) is 5.26 Å². The van der Waals surface area contributed by atoms with Gasteiger partial charge in [0.15, 0.2) is 0 Å². The first-order valence-corrected chi connectivity index (χ1v) is 6.82. The molecule has 2 aromatic rings. The number of halogens is 1. The summed E-state index contributed by atoms with van der Waals surface area (Å²) in [5.74, 6) is -0.129. The molecule has 0 saturated heterocycles. The number of hydrogen-bond donors (Lipinski definition) is 1. The lowest BCUT2D eigenvalue weighted by molar-refractivity contribution is -0.119. The average Bonchev–Trinajstić information content (AvgIpc) is 2.55. The van der Waals surface area contributed by atoms with E-state index in [0.717, 1.165) is 0 Å². The summed E-state index contributed by atoms with van der Waals surface area (Å²) in [5, 5.41) is 11.6. The van der Waals surface area contributed by atoms with Crippen LogP contribution in [0.1, 0.15) is 11.1 Å². The Morgan fingerprint density at radius 2 is 2.00 bits per heavy atom. The third kappa shape index (κ3) is 4.80. The maximum absolute atomic E-state index is 13.1. The molecule has 0 aliphatic carbocycles. The van der Waals surface area contributed by atoms with Crippen LogP contribution in [0.3, 0.4) is 0 Å². The van der Waals surface area contributed by atoms with E-state index in [0.29, 0.717) is 17.0 Å². The van der Waals surface area contributed by atoms with Gasteiger partial charge >= 0.3 is 0 Å². The van der Waals surface area contributed by atoms with Crippen molar-refractivity contribution >= 4 is 11.6 Å². The van der Waals surface area contributed by atoms with Crippen molar-refractivity contribution in [1.82, 2.24) is 0 Å². The van der Waals surface area contributed by atoms with Crippen molar-refractivity contribution in [2.45, 2.75) is 6.61 Å². The van der Waals surface area contributed by atoms with E-state index in [1.54, 1.807) is 24.3 Å². The molecule has 0 saturated carbocycles. The molecule has 118 valence electrons. The summed E-state index contributed by atoms with van der Waals surface area (Å²) < 4.78 is 23.4. The van der Waals surface area contributed by atoms with Gasteiger partial charge in [0.05, 0.1) is 11.6 Å². The van der Waals surface area contributed by atoms with Crippen LogP contribution in [0, 0.1) is 17.1 Å². The van der Waals surface area contributed by atoms with Gasteiger partial charge in [-0.3, -0.25) is 4.79 Å². The van der Waals surface area contributed by atoms with E-state index in [-0.39, 0.29) is 24.7 Å². The maximum Gasteiger partial charge on any atom is 0.250 e. The number of anilines is 1. The van der Waals surface area contributed by atoms with Gasteiger partial charge in [0.1, 0.15) is 24.8 Å². The van der Waals surface area contributed by atoms with Crippen LogP contribution in [0.5, 0.6) is 5.75 Å². The summed E-state index contributed by atoms with van der Waals surface area (Å²) >= 11 is 0. The Hall–Kier alpha value is -2.91. The average molecular weight is 314 g/mol. The lowest BCUT2D eigenvalue weighted by Gasteiger charge is -2.09. The summed E-state index contributed by atoms with van der Waals surface area (Å²) in [6.45, 7) is 0.137. The van der Waals surface area contributed by atoms with Gasteiger partial charge in [-0.15, -0.1) is 0 Å². The van der Waals surface area contributed by atoms with E-state index in [9.17, 15) is 9.18 Å². The minimum Gasteiger partial charge on any atom is -0.489 e. The fourth-order valence-corrected chi connectivity index (χ4v) is 1.90. The molecule has 0 radical (unpaired) electrons. The molecule has 2 aromatic carbocycles. The molecule has 23 heavy (non-hydrogen) atoms. The first kappa shape index (κ1) is 16.5. The lowest BCUT2D eigenvalue weighted by atomic mass is 10.1. The normalized spacial score (nSPS) is 9.96. The Bertz CT molecular complexity index is 724. The number of ether oxygens (including phenoxy) is 2. The number of hydrogen-bond acceptors (Lipinski definition) is 4. The second-order valence-electron chi connectivity index (χ2n) is 4.71. The Morgan fingerprint density at radius 3 is 2.65 bits per heavy atom. The van der Waals surface area contributed by atoms with E-state index in [4.69, 9.17) is 14.7 Å². The highest BCUT2D eigenvalue weighted by Crippen LogP contribution is 2.18. The standard InChI is InChI=1S/C17H15FN2O3/c1-22-11-17(21)20-15-4-6-16(7-5-15)23-10-12-2-3-14(18)8-13(12)9-19/h2-8H,10-11H2,1H3,(H,20,21). The number of rotatable bonds is 6. The molecular formula is C17H15FN2O3. The Morgan fingerprint density at radius 1 is 1.26 bits per heavy atom. The van der Waals surface area contributed by atoms with Crippen molar-refractivity contribution in [3.8, 4) is 11.8 Å². The number of nitrogens with one attached hydrogen (secondary N) is 1. The molecule has 0 unspecified atom stereocenters. The molecule has 1 N–H and O–H groups in total. The second-order valence-corrected chi connectivity index (χ2v) is 4.71. The number of nitriles is 1. The SMILES string of the molecule is COCC(=O)Nc1ccc(OCc2ccc(F)cc2C#N)cc1. The molecule has 5 nitrogen and oxygen atoms in total. The zero-order valence-electron chi connectivity index (χ0n) is 12.5. The van der Waals surface area contributed by atoms with Crippen molar-refractivity contribution in [2.75, 3.05) is 19.0 Å². The highest BCUT2D eigenvalue weighted by molar-refractivity contribution is 5.91. The van der Waals surface area contributed by atoms with Crippen LogP contribution in [0.2, 0.25) is 0 Å². The van der Waals surface area contributed by atoms with E-state index in [2.05, 4.69) is 5.32 Å². The zero-order valence-corrected chi connectivity index (χ0v) is 12.5. The van der Waals surface area contributed by atoms with Gasteiger partial charge in [0, 0.05) is 18.4 Å². The van der Waals surface area contributed by atoms with Crippen molar-refractivity contribution < 1.29 is 18.7 Å². The number of benzene rings is 2. The maximum atomic E-state index is 13.1. The molecule has 0 atom stereocenters. The summed E-state index contributed by atoms with van der Waals surface area (Å²) in [6, 6.07) is 12.7. The second kappa shape index (κ2) is 7.92. The largest absolute Gasteiger partial charge is 0.489 e. The van der Waals surface area contributed by atoms with E-state index in [1.807, 2.05) is 6.07 Å². The Balaban J connectivity index is 1.97. The molecule has 0 heterocycles. The van der Waals surface area contributed by atoms with Gasteiger partial charge in [-0.05, 0) is 36.4 Å². The zero-order chi connectivity index (χ0) is 16.7. The number of nitrogens with zero attached hydrogens (tertiary/aromatic N) is 1. The minimum atomic E-state index is -0.457. The number of carbonyl (C=O) groups is 1. The predicted molar refractivity (Wildman–Crippen MR) is 82.4 cm³/mol. The van der Waals surface area contributed by atoms with Gasteiger partial charge < -0.3 is 14.8 Å². The molecule has 6 heteroatoms. The van der Waals surface area contributed by atoms with E-state index in [1.165, 1.54) is 25.3 Å². The molecule has 0 bridgehead atoms. The van der Waals surface area contributed by atoms with Gasteiger partial charge in [-0.1, -0.05) is 6.07 Å².